The van der Waals surface area contributed by atoms with Gasteiger partial charge in [0.25, 0.3) is 0 Å². The van der Waals surface area contributed by atoms with E-state index in [0.717, 1.165) is 0 Å². The topological polar surface area (TPSA) is 67.6 Å². The molecule has 0 saturated heterocycles. The predicted molar refractivity (Wildman–Crippen MR) is 82.5 cm³/mol. The molecular weight excluding hydrogens is 304 g/mol. The Balaban J connectivity index is 1.73. The van der Waals surface area contributed by atoms with Gasteiger partial charge in [0.15, 0.2) is 0 Å². The third-order valence-electron chi connectivity index (χ3n) is 3.62. The number of nitrogens with zero attached hydrogens (tertiary/aromatic N) is 4. The first-order valence-corrected chi connectivity index (χ1v) is 7.37. The molecule has 0 spiro atoms. The summed E-state index contributed by atoms with van der Waals surface area (Å²) in [6.45, 7) is 2.99. The van der Waals surface area contributed by atoms with Crippen LogP contribution in [0.4, 0.5) is 4.79 Å². The van der Waals surface area contributed by atoms with E-state index in [1.165, 1.54) is 4.90 Å². The van der Waals surface area contributed by atoms with Crippen molar-refractivity contribution in [3.63, 3.8) is 0 Å². The molecule has 0 N–H and O–H groups in total. The second kappa shape index (κ2) is 5.88. The van der Waals surface area contributed by atoms with Gasteiger partial charge in [0.05, 0.1) is 18.0 Å². The van der Waals surface area contributed by atoms with Crippen LogP contribution < -0.4 is 0 Å². The third-order valence-corrected chi connectivity index (χ3v) is 3.85. The Morgan fingerprint density at radius 2 is 2.18 bits per heavy atom. The maximum atomic E-state index is 12.5. The van der Waals surface area contributed by atoms with Crippen LogP contribution in [0, 0.1) is 11.8 Å². The average molecular weight is 319 g/mol. The lowest BCUT2D eigenvalue weighted by molar-refractivity contribution is -0.129. The van der Waals surface area contributed by atoms with Gasteiger partial charge in [0.2, 0.25) is 5.91 Å². The maximum Gasteiger partial charge on any atom is 0.350 e. The van der Waals surface area contributed by atoms with Crippen molar-refractivity contribution in [2.24, 2.45) is 16.8 Å². The summed E-state index contributed by atoms with van der Waals surface area (Å²) in [5.41, 5.74) is 0.418. The van der Waals surface area contributed by atoms with Crippen molar-refractivity contribution < 1.29 is 9.59 Å². The molecule has 0 fully saturated rings. The summed E-state index contributed by atoms with van der Waals surface area (Å²) in [5, 5.41) is 0.470. The second-order valence-corrected chi connectivity index (χ2v) is 5.94. The number of allylic oxidation sites excluding steroid dienone is 3. The summed E-state index contributed by atoms with van der Waals surface area (Å²) >= 11 is 5.88. The molecule has 0 radical (unpaired) electrons. The van der Waals surface area contributed by atoms with Crippen molar-refractivity contribution in [2.45, 2.75) is 13.5 Å². The number of carbonyl (C=O) groups excluding carboxylic acids is 2. The molecule has 0 saturated carbocycles. The number of urea groups is 1. The van der Waals surface area contributed by atoms with Gasteiger partial charge in [-0.25, -0.2) is 9.78 Å². The fraction of sp³-hybridized carbons (Fsp3) is 0.333. The zero-order valence-electron chi connectivity index (χ0n) is 12.0. The van der Waals surface area contributed by atoms with Crippen LogP contribution in [-0.4, -0.2) is 38.6 Å². The molecule has 114 valence electrons. The quantitative estimate of drug-likeness (QED) is 0.855. The van der Waals surface area contributed by atoms with E-state index >= 15 is 0 Å². The van der Waals surface area contributed by atoms with E-state index in [0.29, 0.717) is 23.8 Å². The molecule has 2 aliphatic rings. The van der Waals surface area contributed by atoms with Crippen molar-refractivity contribution in [3.05, 3.63) is 42.0 Å². The van der Waals surface area contributed by atoms with Crippen LogP contribution in [0.2, 0.25) is 0 Å². The summed E-state index contributed by atoms with van der Waals surface area (Å²) in [5.74, 6) is -0.657. The van der Waals surface area contributed by atoms with Crippen molar-refractivity contribution in [1.29, 1.82) is 0 Å². The molecule has 0 bridgehead atoms. The smallest absolute Gasteiger partial charge is 0.337 e. The average Bonchev–Trinajstić information content (AvgIpc) is 2.96. The van der Waals surface area contributed by atoms with Crippen LogP contribution in [0.25, 0.3) is 0 Å². The lowest BCUT2D eigenvalue weighted by Gasteiger charge is -2.30. The molecule has 1 aromatic rings. The molecule has 2 unspecified atom stereocenters. The van der Waals surface area contributed by atoms with Crippen molar-refractivity contribution in [2.75, 3.05) is 6.54 Å². The monoisotopic (exact) mass is 318 g/mol. The maximum absolute atomic E-state index is 12.5. The number of imidazole rings is 1. The molecule has 2 atom stereocenters. The molecule has 1 aromatic heterocycles. The van der Waals surface area contributed by atoms with Crippen molar-refractivity contribution in [1.82, 2.24) is 14.5 Å². The largest absolute Gasteiger partial charge is 0.350 e. The number of rotatable bonds is 4. The lowest BCUT2D eigenvalue weighted by Crippen LogP contribution is -2.48. The minimum Gasteiger partial charge on any atom is -0.337 e. The van der Waals surface area contributed by atoms with Gasteiger partial charge in [-0.2, -0.15) is 4.99 Å². The van der Waals surface area contributed by atoms with Crippen LogP contribution >= 0.6 is 11.6 Å². The van der Waals surface area contributed by atoms with Crippen LogP contribution in [0.15, 0.2) is 47.0 Å². The van der Waals surface area contributed by atoms with E-state index in [1.807, 2.05) is 17.7 Å². The number of imide groups is 1. The van der Waals surface area contributed by atoms with Crippen LogP contribution in [0.3, 0.4) is 0 Å². The van der Waals surface area contributed by atoms with Gasteiger partial charge in [0.1, 0.15) is 0 Å². The van der Waals surface area contributed by atoms with E-state index < -0.39 is 11.9 Å². The standard InChI is InChI=1S/C15H15ClN4O2/c1-10(7-19-5-4-17-9-19)8-20-14(21)12-3-2-11(16)6-13(12)18-15(20)22/h2-6,9-10,12H,7-8H2,1H3. The Labute approximate surface area is 132 Å². The Morgan fingerprint density at radius 1 is 1.36 bits per heavy atom. The first-order valence-electron chi connectivity index (χ1n) is 6.99. The zero-order chi connectivity index (χ0) is 15.7. The van der Waals surface area contributed by atoms with Crippen LogP contribution in [-0.2, 0) is 11.3 Å². The van der Waals surface area contributed by atoms with Gasteiger partial charge in [-0.15, -0.1) is 0 Å². The number of hydrogen-bond donors (Lipinski definition) is 0. The summed E-state index contributed by atoms with van der Waals surface area (Å²) < 4.78 is 1.92. The van der Waals surface area contributed by atoms with Gasteiger partial charge >= 0.3 is 6.03 Å². The number of halogens is 1. The normalized spacial score (nSPS) is 22.3. The molecule has 2 heterocycles. The van der Waals surface area contributed by atoms with Gasteiger partial charge in [-0.1, -0.05) is 24.6 Å². The Kier molecular flexibility index (Phi) is 3.94. The second-order valence-electron chi connectivity index (χ2n) is 5.50. The van der Waals surface area contributed by atoms with E-state index in [1.54, 1.807) is 30.8 Å². The molecule has 7 heteroatoms. The number of aliphatic imine (C=N–C) groups is 1. The minimum absolute atomic E-state index is 0.102. The van der Waals surface area contributed by atoms with Gasteiger partial charge in [-0.3, -0.25) is 9.69 Å². The molecule has 0 aromatic carbocycles. The number of carbonyl (C=O) groups is 2. The van der Waals surface area contributed by atoms with Crippen LogP contribution in [0.1, 0.15) is 6.92 Å². The fourth-order valence-corrected chi connectivity index (χ4v) is 2.79. The molecule has 6 nitrogen and oxygen atoms in total. The van der Waals surface area contributed by atoms with Gasteiger partial charge < -0.3 is 4.57 Å². The van der Waals surface area contributed by atoms with Crippen molar-refractivity contribution in [3.8, 4) is 0 Å². The van der Waals surface area contributed by atoms with E-state index in [9.17, 15) is 9.59 Å². The molecule has 3 rings (SSSR count). The molecule has 3 amide bonds. The highest BCUT2D eigenvalue weighted by molar-refractivity contribution is 6.35. The first-order chi connectivity index (χ1) is 10.5. The zero-order valence-corrected chi connectivity index (χ0v) is 12.8. The van der Waals surface area contributed by atoms with Crippen LogP contribution in [0.5, 0.6) is 0 Å². The molecular formula is C15H15ClN4O2. The van der Waals surface area contributed by atoms with Gasteiger partial charge in [-0.05, 0) is 18.1 Å². The Bertz CT molecular complexity index is 690. The highest BCUT2D eigenvalue weighted by Crippen LogP contribution is 2.24. The van der Waals surface area contributed by atoms with E-state index in [-0.39, 0.29) is 11.8 Å². The summed E-state index contributed by atoms with van der Waals surface area (Å²) in [7, 11) is 0. The SMILES string of the molecule is CC(CN1C(=O)N=C2C=C(Cl)C=CC2C1=O)Cn1ccnc1. The first kappa shape index (κ1) is 14.7. The number of amides is 3. The Morgan fingerprint density at radius 3 is 2.91 bits per heavy atom. The van der Waals surface area contributed by atoms with Crippen molar-refractivity contribution >= 4 is 29.3 Å². The number of aromatic nitrogens is 2. The fourth-order valence-electron chi connectivity index (χ4n) is 2.60. The molecule has 1 aliphatic carbocycles. The number of fused-ring (bicyclic) bond motifs is 1. The molecule has 22 heavy (non-hydrogen) atoms. The summed E-state index contributed by atoms with van der Waals surface area (Å²) in [6.07, 6.45) is 10.2. The predicted octanol–water partition coefficient (Wildman–Crippen LogP) is 2.23. The third kappa shape index (κ3) is 2.87. The molecule has 1 aliphatic heterocycles. The van der Waals surface area contributed by atoms with Gasteiger partial charge in [0, 0.05) is 30.5 Å². The summed E-state index contributed by atoms with van der Waals surface area (Å²) in [6, 6.07) is -0.523. The van der Waals surface area contributed by atoms with E-state index in [4.69, 9.17) is 11.6 Å². The highest BCUT2D eigenvalue weighted by Gasteiger charge is 2.36. The summed E-state index contributed by atoms with van der Waals surface area (Å²) in [4.78, 5) is 33.8. The Hall–Kier alpha value is -2.21. The number of hydrogen-bond acceptors (Lipinski definition) is 3. The highest BCUT2D eigenvalue weighted by atomic mass is 35.5. The lowest BCUT2D eigenvalue weighted by atomic mass is 9.95. The minimum atomic E-state index is -0.523. The van der Waals surface area contributed by atoms with E-state index in [2.05, 4.69) is 9.98 Å².